The van der Waals surface area contributed by atoms with Crippen LogP contribution in [-0.2, 0) is 9.63 Å². The Morgan fingerprint density at radius 3 is 2.26 bits per heavy atom. The zero-order valence-electron chi connectivity index (χ0n) is 15.2. The molecule has 2 aliphatic heterocycles. The summed E-state index contributed by atoms with van der Waals surface area (Å²) in [5.74, 6) is 0.431. The molecule has 2 N–H and O–H groups in total. The van der Waals surface area contributed by atoms with Crippen LogP contribution in [0.4, 0.5) is 18.9 Å². The molecule has 0 amide bonds. The first-order valence-corrected chi connectivity index (χ1v) is 8.66. The highest BCUT2D eigenvalue weighted by Gasteiger charge is 2.59. The minimum absolute atomic E-state index is 0.394. The summed E-state index contributed by atoms with van der Waals surface area (Å²) in [7, 11) is 0. The third kappa shape index (κ3) is 3.87. The number of benzene rings is 1. The molecule has 0 radical (unpaired) electrons. The number of nitrogens with zero attached hydrogens (tertiary/aromatic N) is 2. The van der Waals surface area contributed by atoms with Crippen molar-refractivity contribution in [3.63, 3.8) is 0 Å². The second kappa shape index (κ2) is 6.70. The third-order valence-electron chi connectivity index (χ3n) is 5.05. The molecule has 1 saturated carbocycles. The Bertz CT molecular complexity index is 736. The van der Waals surface area contributed by atoms with Gasteiger partial charge in [0.2, 0.25) is 5.72 Å². The first-order valence-electron chi connectivity index (χ1n) is 8.66. The Labute approximate surface area is 155 Å². The summed E-state index contributed by atoms with van der Waals surface area (Å²) in [5.41, 5.74) is 2.06. The zero-order chi connectivity index (χ0) is 20.0. The van der Waals surface area contributed by atoms with Crippen LogP contribution in [0.2, 0.25) is 0 Å². The van der Waals surface area contributed by atoms with E-state index in [1.807, 2.05) is 0 Å². The molecule has 3 aliphatic rings. The van der Waals surface area contributed by atoms with Gasteiger partial charge < -0.3 is 15.3 Å². The van der Waals surface area contributed by atoms with E-state index in [-0.39, 0.29) is 0 Å². The number of alkyl halides is 3. The van der Waals surface area contributed by atoms with Gasteiger partial charge in [-0.1, -0.05) is 22.9 Å². The summed E-state index contributed by atoms with van der Waals surface area (Å²) in [4.78, 5) is 16.9. The molecule has 1 aromatic carbocycles. The lowest BCUT2D eigenvalue weighted by Gasteiger charge is -2.31. The van der Waals surface area contributed by atoms with Crippen molar-refractivity contribution in [2.45, 2.75) is 32.7 Å². The monoisotopic (exact) mass is 385 g/mol. The van der Waals surface area contributed by atoms with E-state index < -0.39 is 17.9 Å². The van der Waals surface area contributed by atoms with Crippen molar-refractivity contribution >= 4 is 17.5 Å². The van der Waals surface area contributed by atoms with E-state index in [1.165, 1.54) is 11.3 Å². The molecule has 1 aromatic rings. The van der Waals surface area contributed by atoms with Crippen molar-refractivity contribution in [3.8, 4) is 0 Å². The van der Waals surface area contributed by atoms with E-state index in [0.29, 0.717) is 5.92 Å². The number of piperidine rings is 1. The van der Waals surface area contributed by atoms with Crippen molar-refractivity contribution in [1.29, 1.82) is 0 Å². The first-order chi connectivity index (χ1) is 12.5. The van der Waals surface area contributed by atoms with Crippen LogP contribution in [0, 0.1) is 24.7 Å². The molecular formula is C18H22F3N3O3. The number of rotatable bonds is 2. The normalized spacial score (nSPS) is 27.9. The number of carboxylic acids is 1. The third-order valence-corrected chi connectivity index (χ3v) is 5.05. The minimum Gasteiger partial charge on any atom is -0.475 e. The molecule has 2 fully saturated rings. The highest BCUT2D eigenvalue weighted by molar-refractivity contribution is 6.03. The lowest BCUT2D eigenvalue weighted by Crippen LogP contribution is -2.45. The molecule has 1 unspecified atom stereocenters. The number of amidine groups is 1. The van der Waals surface area contributed by atoms with Gasteiger partial charge in [-0.25, -0.2) is 4.79 Å². The number of nitrogens with one attached hydrogen (secondary N) is 1. The Hall–Kier alpha value is -2.29. The van der Waals surface area contributed by atoms with Crippen molar-refractivity contribution in [2.24, 2.45) is 22.9 Å². The van der Waals surface area contributed by atoms with Gasteiger partial charge in [0.25, 0.3) is 0 Å². The molecule has 27 heavy (non-hydrogen) atoms. The second-order valence-corrected chi connectivity index (χ2v) is 7.47. The average molecular weight is 385 g/mol. The summed E-state index contributed by atoms with van der Waals surface area (Å²) >= 11 is 0. The number of carboxylic acid groups (broad SMARTS) is 1. The molecule has 1 saturated heterocycles. The van der Waals surface area contributed by atoms with Gasteiger partial charge in [0.05, 0.1) is 0 Å². The highest BCUT2D eigenvalue weighted by atomic mass is 19.4. The van der Waals surface area contributed by atoms with Crippen LogP contribution in [0.1, 0.15) is 19.4 Å². The number of halogens is 3. The largest absolute Gasteiger partial charge is 0.490 e. The zero-order valence-corrected chi connectivity index (χ0v) is 15.2. The number of aliphatic carboxylic acids is 1. The second-order valence-electron chi connectivity index (χ2n) is 7.47. The van der Waals surface area contributed by atoms with Gasteiger partial charge in [0, 0.05) is 11.6 Å². The lowest BCUT2D eigenvalue weighted by atomic mass is 10.1. The quantitative estimate of drug-likeness (QED) is 0.819. The summed E-state index contributed by atoms with van der Waals surface area (Å²) in [6.07, 6.45) is -5.08. The van der Waals surface area contributed by atoms with Gasteiger partial charge >= 0.3 is 12.1 Å². The lowest BCUT2D eigenvalue weighted by molar-refractivity contribution is -0.192. The standard InChI is InChI=1S/C16H21N3O.C2HF3O2/c1-10-4-6-11(7-5-10)19-15(18-20-16(19,2)3)14-12-8-17-9-13(12)14;3-2(4,5)1(6)7/h4-7,12-14,17H,8-9H2,1-3H3;(H,6,7)/t12-,13+,14?;. The average Bonchev–Trinajstić information content (AvgIpc) is 2.90. The van der Waals surface area contributed by atoms with Crippen LogP contribution in [0.15, 0.2) is 29.4 Å². The van der Waals surface area contributed by atoms with Gasteiger partial charge in [-0.2, -0.15) is 13.2 Å². The summed E-state index contributed by atoms with van der Waals surface area (Å²) in [6.45, 7) is 8.52. The number of hydrogen-bond acceptors (Lipinski definition) is 5. The van der Waals surface area contributed by atoms with E-state index in [4.69, 9.17) is 14.7 Å². The van der Waals surface area contributed by atoms with Crippen LogP contribution >= 0.6 is 0 Å². The van der Waals surface area contributed by atoms with Crippen LogP contribution < -0.4 is 10.2 Å². The fourth-order valence-electron chi connectivity index (χ4n) is 3.66. The van der Waals surface area contributed by atoms with Crippen LogP contribution in [0.3, 0.4) is 0 Å². The van der Waals surface area contributed by atoms with Crippen LogP contribution in [-0.4, -0.2) is 41.9 Å². The van der Waals surface area contributed by atoms with Gasteiger partial charge in [0.1, 0.15) is 0 Å². The fraction of sp³-hybridized carbons (Fsp3) is 0.556. The number of oxime groups is 1. The molecule has 1 aliphatic carbocycles. The molecule has 148 valence electrons. The van der Waals surface area contributed by atoms with Crippen molar-refractivity contribution in [2.75, 3.05) is 18.0 Å². The smallest absolute Gasteiger partial charge is 0.475 e. The maximum absolute atomic E-state index is 10.6. The Morgan fingerprint density at radius 2 is 1.78 bits per heavy atom. The van der Waals surface area contributed by atoms with E-state index in [9.17, 15) is 13.2 Å². The van der Waals surface area contributed by atoms with Crippen LogP contribution in [0.5, 0.6) is 0 Å². The topological polar surface area (TPSA) is 74.2 Å². The molecule has 0 spiro atoms. The minimum atomic E-state index is -5.08. The van der Waals surface area contributed by atoms with Crippen LogP contribution in [0.25, 0.3) is 0 Å². The SMILES string of the molecule is Cc1ccc(N2C(C3[C@H]4CNC[C@@H]34)=NOC2(C)C)cc1.O=C(O)C(F)(F)F. The summed E-state index contributed by atoms with van der Waals surface area (Å²) in [6, 6.07) is 8.63. The molecular weight excluding hydrogens is 363 g/mol. The maximum Gasteiger partial charge on any atom is 0.490 e. The molecule has 6 nitrogen and oxygen atoms in total. The predicted molar refractivity (Wildman–Crippen MR) is 93.3 cm³/mol. The van der Waals surface area contributed by atoms with E-state index in [1.54, 1.807) is 0 Å². The van der Waals surface area contributed by atoms with Gasteiger partial charge in [-0.05, 0) is 57.8 Å². The first kappa shape index (κ1) is 19.5. The van der Waals surface area contributed by atoms with Gasteiger partial charge in [0.15, 0.2) is 5.84 Å². The number of aryl methyl sites for hydroxylation is 1. The van der Waals surface area contributed by atoms with Crippen molar-refractivity contribution < 1.29 is 27.9 Å². The predicted octanol–water partition coefficient (Wildman–Crippen LogP) is 2.98. The fourth-order valence-corrected chi connectivity index (χ4v) is 3.66. The number of anilines is 1. The van der Waals surface area contributed by atoms with E-state index in [2.05, 4.69) is 60.4 Å². The van der Waals surface area contributed by atoms with E-state index in [0.717, 1.165) is 30.8 Å². The Morgan fingerprint density at radius 1 is 1.26 bits per heavy atom. The highest BCUT2D eigenvalue weighted by Crippen LogP contribution is 2.52. The Balaban J connectivity index is 0.000000260. The molecule has 4 rings (SSSR count). The van der Waals surface area contributed by atoms with Crippen molar-refractivity contribution in [1.82, 2.24) is 5.32 Å². The maximum atomic E-state index is 10.6. The summed E-state index contributed by atoms with van der Waals surface area (Å²) < 4.78 is 31.7. The summed E-state index contributed by atoms with van der Waals surface area (Å²) in [5, 5.41) is 15.0. The molecule has 3 atom stereocenters. The Kier molecular flexibility index (Phi) is 4.83. The number of carbonyl (C=O) groups is 1. The molecule has 0 aromatic heterocycles. The number of fused-ring (bicyclic) bond motifs is 1. The molecule has 9 heteroatoms. The van der Waals surface area contributed by atoms with Crippen molar-refractivity contribution in [3.05, 3.63) is 29.8 Å². The molecule has 0 bridgehead atoms. The van der Waals surface area contributed by atoms with Gasteiger partial charge in [-0.3, -0.25) is 4.90 Å². The number of hydrogen-bond donors (Lipinski definition) is 2. The van der Waals surface area contributed by atoms with Gasteiger partial charge in [-0.15, -0.1) is 0 Å². The molecule has 2 heterocycles. The van der Waals surface area contributed by atoms with E-state index >= 15 is 0 Å².